The molecular weight excluding hydrogens is 366 g/mol. The molecule has 112 valence electrons. The van der Waals surface area contributed by atoms with Crippen molar-refractivity contribution >= 4 is 37.3 Å². The first-order valence-electron chi connectivity index (χ1n) is 5.74. The molecule has 0 aromatic heterocycles. The van der Waals surface area contributed by atoms with E-state index in [0.717, 1.165) is 18.2 Å². The second kappa shape index (κ2) is 5.61. The molecule has 0 atom stereocenters. The van der Waals surface area contributed by atoms with Crippen LogP contribution in [0.5, 0.6) is 0 Å². The van der Waals surface area contributed by atoms with Gasteiger partial charge in [-0.1, -0.05) is 0 Å². The van der Waals surface area contributed by atoms with Gasteiger partial charge in [0.2, 0.25) is 0 Å². The van der Waals surface area contributed by atoms with Crippen LogP contribution >= 0.6 is 15.9 Å². The van der Waals surface area contributed by atoms with Gasteiger partial charge >= 0.3 is 0 Å². The number of anilines is 2. The zero-order valence-electron chi connectivity index (χ0n) is 10.8. The molecule has 0 aliphatic carbocycles. The Morgan fingerprint density at radius 2 is 1.86 bits per heavy atom. The maximum atomic E-state index is 13.3. The standard InChI is InChI=1S/C13H11BrF2N2O2S/c1-7-4-8(15)2-3-12(7)18-21(19,20)13-6-11(17)10(16)5-9(13)14/h2-6,18H,17H2,1H3. The largest absolute Gasteiger partial charge is 0.396 e. The molecule has 0 bridgehead atoms. The average molecular weight is 377 g/mol. The first-order valence-corrected chi connectivity index (χ1v) is 8.02. The molecule has 2 rings (SSSR count). The lowest BCUT2D eigenvalue weighted by atomic mass is 10.2. The summed E-state index contributed by atoms with van der Waals surface area (Å²) in [6.45, 7) is 1.56. The lowest BCUT2D eigenvalue weighted by molar-refractivity contribution is 0.599. The molecule has 0 amide bonds. The summed E-state index contributed by atoms with van der Waals surface area (Å²) in [6.07, 6.45) is 0. The van der Waals surface area contributed by atoms with Gasteiger partial charge in [0.25, 0.3) is 10.0 Å². The highest BCUT2D eigenvalue weighted by molar-refractivity contribution is 9.10. The van der Waals surface area contributed by atoms with Crippen LogP contribution in [0.25, 0.3) is 0 Å². The summed E-state index contributed by atoms with van der Waals surface area (Å²) in [4.78, 5) is -0.204. The molecule has 2 aromatic rings. The predicted octanol–water partition coefficient (Wildman–Crippen LogP) is 3.42. The van der Waals surface area contributed by atoms with E-state index in [1.165, 1.54) is 12.1 Å². The van der Waals surface area contributed by atoms with Gasteiger partial charge in [-0.2, -0.15) is 0 Å². The Bertz CT molecular complexity index is 810. The number of nitrogens with one attached hydrogen (secondary N) is 1. The van der Waals surface area contributed by atoms with E-state index < -0.39 is 21.7 Å². The summed E-state index contributed by atoms with van der Waals surface area (Å²) in [7, 11) is -3.98. The number of nitrogen functional groups attached to an aromatic ring is 1. The van der Waals surface area contributed by atoms with Crippen molar-refractivity contribution in [2.75, 3.05) is 10.5 Å². The summed E-state index contributed by atoms with van der Waals surface area (Å²) in [6, 6.07) is 5.63. The first kappa shape index (κ1) is 15.7. The van der Waals surface area contributed by atoms with Crippen molar-refractivity contribution in [3.63, 3.8) is 0 Å². The molecule has 0 heterocycles. The highest BCUT2D eigenvalue weighted by atomic mass is 79.9. The fourth-order valence-electron chi connectivity index (χ4n) is 1.69. The van der Waals surface area contributed by atoms with Crippen LogP contribution in [0.2, 0.25) is 0 Å². The molecule has 0 fully saturated rings. The molecule has 0 unspecified atom stereocenters. The zero-order chi connectivity index (χ0) is 15.8. The Labute approximate surface area is 129 Å². The molecule has 8 heteroatoms. The molecule has 4 nitrogen and oxygen atoms in total. The van der Waals surface area contributed by atoms with Gasteiger partial charge in [-0.05, 0) is 58.7 Å². The van der Waals surface area contributed by atoms with Crippen LogP contribution in [0.3, 0.4) is 0 Å². The first-order chi connectivity index (χ1) is 9.70. The monoisotopic (exact) mass is 376 g/mol. The van der Waals surface area contributed by atoms with Gasteiger partial charge in [0, 0.05) is 4.47 Å². The Balaban J connectivity index is 2.46. The number of benzene rings is 2. The van der Waals surface area contributed by atoms with E-state index in [1.54, 1.807) is 6.92 Å². The van der Waals surface area contributed by atoms with Gasteiger partial charge in [0.15, 0.2) is 0 Å². The van der Waals surface area contributed by atoms with Crippen LogP contribution in [0, 0.1) is 18.6 Å². The summed E-state index contributed by atoms with van der Waals surface area (Å²) < 4.78 is 53.3. The molecule has 0 radical (unpaired) electrons. The third-order valence-corrected chi connectivity index (χ3v) is 5.10. The Morgan fingerprint density at radius 3 is 2.48 bits per heavy atom. The summed E-state index contributed by atoms with van der Waals surface area (Å²) in [5.74, 6) is -1.19. The maximum Gasteiger partial charge on any atom is 0.263 e. The van der Waals surface area contributed by atoms with E-state index in [4.69, 9.17) is 5.73 Å². The molecule has 21 heavy (non-hydrogen) atoms. The van der Waals surface area contributed by atoms with E-state index >= 15 is 0 Å². The number of sulfonamides is 1. The second-order valence-corrected chi connectivity index (χ2v) is 6.87. The summed E-state index contributed by atoms with van der Waals surface area (Å²) in [5, 5.41) is 0. The number of nitrogens with two attached hydrogens (primary N) is 1. The Morgan fingerprint density at radius 1 is 1.19 bits per heavy atom. The average Bonchev–Trinajstić information content (AvgIpc) is 2.37. The maximum absolute atomic E-state index is 13.3. The fourth-order valence-corrected chi connectivity index (χ4v) is 3.87. The molecule has 2 aromatic carbocycles. The van der Waals surface area contributed by atoms with Crippen molar-refractivity contribution in [1.82, 2.24) is 0 Å². The van der Waals surface area contributed by atoms with Crippen molar-refractivity contribution in [3.05, 3.63) is 52.0 Å². The van der Waals surface area contributed by atoms with Crippen LogP contribution in [-0.2, 0) is 10.0 Å². The third kappa shape index (κ3) is 3.33. The number of halogens is 3. The third-order valence-electron chi connectivity index (χ3n) is 2.77. The Hall–Kier alpha value is -1.67. The molecule has 0 aliphatic rings. The minimum atomic E-state index is -3.98. The smallest absolute Gasteiger partial charge is 0.263 e. The fraction of sp³-hybridized carbons (Fsp3) is 0.0769. The topological polar surface area (TPSA) is 72.2 Å². The van der Waals surface area contributed by atoms with Crippen LogP contribution < -0.4 is 10.5 Å². The van der Waals surface area contributed by atoms with Crippen LogP contribution in [-0.4, -0.2) is 8.42 Å². The number of rotatable bonds is 3. The van der Waals surface area contributed by atoms with E-state index in [9.17, 15) is 17.2 Å². The van der Waals surface area contributed by atoms with Crippen molar-refractivity contribution in [1.29, 1.82) is 0 Å². The van der Waals surface area contributed by atoms with Gasteiger partial charge in [0.1, 0.15) is 16.5 Å². The van der Waals surface area contributed by atoms with Crippen molar-refractivity contribution < 1.29 is 17.2 Å². The predicted molar refractivity (Wildman–Crippen MR) is 80.5 cm³/mol. The van der Waals surface area contributed by atoms with Crippen LogP contribution in [0.15, 0.2) is 39.7 Å². The zero-order valence-corrected chi connectivity index (χ0v) is 13.2. The van der Waals surface area contributed by atoms with Gasteiger partial charge in [-0.15, -0.1) is 0 Å². The molecule has 3 N–H and O–H groups in total. The van der Waals surface area contributed by atoms with Gasteiger partial charge in [-0.3, -0.25) is 4.72 Å². The van der Waals surface area contributed by atoms with Crippen LogP contribution in [0.1, 0.15) is 5.56 Å². The molecular formula is C13H11BrF2N2O2S. The van der Waals surface area contributed by atoms with E-state index in [-0.39, 0.29) is 20.7 Å². The van der Waals surface area contributed by atoms with Crippen LogP contribution in [0.4, 0.5) is 20.2 Å². The van der Waals surface area contributed by atoms with Crippen molar-refractivity contribution in [3.8, 4) is 0 Å². The number of hydrogen-bond acceptors (Lipinski definition) is 3. The lowest BCUT2D eigenvalue weighted by Gasteiger charge is -2.12. The highest BCUT2D eigenvalue weighted by Crippen LogP contribution is 2.29. The van der Waals surface area contributed by atoms with E-state index in [2.05, 4.69) is 20.7 Å². The SMILES string of the molecule is Cc1cc(F)ccc1NS(=O)(=O)c1cc(N)c(F)cc1Br. The van der Waals surface area contributed by atoms with E-state index in [0.29, 0.717) is 5.56 Å². The van der Waals surface area contributed by atoms with Crippen molar-refractivity contribution in [2.24, 2.45) is 0 Å². The van der Waals surface area contributed by atoms with Crippen molar-refractivity contribution in [2.45, 2.75) is 11.8 Å². The Kier molecular flexibility index (Phi) is 4.20. The molecule has 0 aliphatic heterocycles. The van der Waals surface area contributed by atoms with Gasteiger partial charge < -0.3 is 5.73 Å². The molecule has 0 saturated heterocycles. The molecule has 0 spiro atoms. The lowest BCUT2D eigenvalue weighted by Crippen LogP contribution is -2.15. The molecule has 0 saturated carbocycles. The quantitative estimate of drug-likeness (QED) is 0.806. The summed E-state index contributed by atoms with van der Waals surface area (Å²) >= 11 is 2.99. The number of aryl methyl sites for hydroxylation is 1. The van der Waals surface area contributed by atoms with Gasteiger partial charge in [-0.25, -0.2) is 17.2 Å². The van der Waals surface area contributed by atoms with E-state index in [1.807, 2.05) is 0 Å². The van der Waals surface area contributed by atoms with Gasteiger partial charge in [0.05, 0.1) is 11.4 Å². The highest BCUT2D eigenvalue weighted by Gasteiger charge is 2.20. The second-order valence-electron chi connectivity index (χ2n) is 4.37. The number of hydrogen-bond donors (Lipinski definition) is 2. The minimum absolute atomic E-state index is 0.0430. The normalized spacial score (nSPS) is 11.4. The minimum Gasteiger partial charge on any atom is -0.396 e. The summed E-state index contributed by atoms with van der Waals surface area (Å²) in [5.41, 5.74) is 5.76.